The minimum absolute atomic E-state index is 0.132. The summed E-state index contributed by atoms with van der Waals surface area (Å²) in [7, 11) is 0. The second-order valence-electron chi connectivity index (χ2n) is 7.01. The Bertz CT molecular complexity index is 502. The molecule has 2 saturated carbocycles. The van der Waals surface area contributed by atoms with E-state index in [-0.39, 0.29) is 5.41 Å². The molecule has 0 saturated heterocycles. The molecule has 2 fully saturated rings. The number of benzene rings is 1. The molecule has 1 aromatic rings. The van der Waals surface area contributed by atoms with Gasteiger partial charge in [-0.2, -0.15) is 0 Å². The molecule has 3 unspecified atom stereocenters. The fraction of sp³-hybridized carbons (Fsp3) is 0.667. The molecule has 116 valence electrons. The largest absolute Gasteiger partial charge is 0.316 e. The lowest BCUT2D eigenvalue weighted by atomic mass is 9.69. The van der Waals surface area contributed by atoms with Gasteiger partial charge in [0.25, 0.3) is 0 Å². The van der Waals surface area contributed by atoms with Crippen LogP contribution in [0.4, 0.5) is 8.78 Å². The van der Waals surface area contributed by atoms with Crippen LogP contribution in [0, 0.1) is 28.9 Å². The van der Waals surface area contributed by atoms with Crippen molar-refractivity contribution in [1.29, 1.82) is 0 Å². The van der Waals surface area contributed by atoms with E-state index in [1.165, 1.54) is 31.7 Å². The molecule has 0 radical (unpaired) electrons. The first kappa shape index (κ1) is 15.0. The van der Waals surface area contributed by atoms with Crippen LogP contribution in [0.1, 0.15) is 44.6 Å². The first-order valence-electron chi connectivity index (χ1n) is 8.28. The highest BCUT2D eigenvalue weighted by Gasteiger charge is 2.50. The summed E-state index contributed by atoms with van der Waals surface area (Å²) in [4.78, 5) is 0. The van der Waals surface area contributed by atoms with Crippen molar-refractivity contribution in [3.63, 3.8) is 0 Å². The highest BCUT2D eigenvalue weighted by Crippen LogP contribution is 2.57. The third-order valence-corrected chi connectivity index (χ3v) is 5.58. The van der Waals surface area contributed by atoms with E-state index in [0.717, 1.165) is 25.4 Å². The molecule has 3 atom stereocenters. The van der Waals surface area contributed by atoms with Gasteiger partial charge in [0, 0.05) is 6.54 Å². The fourth-order valence-electron chi connectivity index (χ4n) is 4.63. The van der Waals surface area contributed by atoms with Gasteiger partial charge in [-0.25, -0.2) is 8.78 Å². The third kappa shape index (κ3) is 2.85. The van der Waals surface area contributed by atoms with Crippen molar-refractivity contribution in [2.75, 3.05) is 13.1 Å². The SMILES string of the molecule is CCCNCC1(Cc2cccc(F)c2F)CC2CCC1C2. The van der Waals surface area contributed by atoms with Crippen LogP contribution in [0.25, 0.3) is 0 Å². The summed E-state index contributed by atoms with van der Waals surface area (Å²) in [5.41, 5.74) is 0.688. The number of halogens is 2. The summed E-state index contributed by atoms with van der Waals surface area (Å²) in [5, 5.41) is 3.54. The minimum Gasteiger partial charge on any atom is -0.316 e. The number of nitrogens with one attached hydrogen (secondary N) is 1. The van der Waals surface area contributed by atoms with Gasteiger partial charge in [-0.05, 0) is 67.5 Å². The molecule has 2 aliphatic rings. The van der Waals surface area contributed by atoms with E-state index in [9.17, 15) is 8.78 Å². The third-order valence-electron chi connectivity index (χ3n) is 5.58. The molecule has 3 heteroatoms. The summed E-state index contributed by atoms with van der Waals surface area (Å²) < 4.78 is 27.5. The first-order chi connectivity index (χ1) is 10.1. The van der Waals surface area contributed by atoms with Crippen LogP contribution in [0.3, 0.4) is 0 Å². The molecule has 3 rings (SSSR count). The first-order valence-corrected chi connectivity index (χ1v) is 8.28. The van der Waals surface area contributed by atoms with Gasteiger partial charge in [0.05, 0.1) is 0 Å². The lowest BCUT2D eigenvalue weighted by molar-refractivity contribution is 0.154. The lowest BCUT2D eigenvalue weighted by Crippen LogP contribution is -2.41. The number of hydrogen-bond donors (Lipinski definition) is 1. The highest BCUT2D eigenvalue weighted by molar-refractivity contribution is 5.22. The highest BCUT2D eigenvalue weighted by atomic mass is 19.2. The number of rotatable bonds is 6. The van der Waals surface area contributed by atoms with Gasteiger partial charge in [-0.1, -0.05) is 25.5 Å². The summed E-state index contributed by atoms with van der Waals surface area (Å²) in [6.07, 6.45) is 6.82. The zero-order chi connectivity index (χ0) is 14.9. The van der Waals surface area contributed by atoms with Crippen molar-refractivity contribution < 1.29 is 8.78 Å². The topological polar surface area (TPSA) is 12.0 Å². The predicted molar refractivity (Wildman–Crippen MR) is 81.1 cm³/mol. The van der Waals surface area contributed by atoms with Crippen molar-refractivity contribution in [2.45, 2.75) is 45.4 Å². The number of hydrogen-bond acceptors (Lipinski definition) is 1. The van der Waals surface area contributed by atoms with Gasteiger partial charge in [0.15, 0.2) is 11.6 Å². The Hall–Kier alpha value is -0.960. The maximum Gasteiger partial charge on any atom is 0.162 e. The van der Waals surface area contributed by atoms with Crippen LogP contribution < -0.4 is 5.32 Å². The Morgan fingerprint density at radius 3 is 2.81 bits per heavy atom. The van der Waals surface area contributed by atoms with Crippen LogP contribution >= 0.6 is 0 Å². The van der Waals surface area contributed by atoms with Crippen LogP contribution in [-0.2, 0) is 6.42 Å². The van der Waals surface area contributed by atoms with Gasteiger partial charge in [-0.3, -0.25) is 0 Å². The molecule has 0 spiro atoms. The van der Waals surface area contributed by atoms with Gasteiger partial charge in [-0.15, -0.1) is 0 Å². The van der Waals surface area contributed by atoms with Crippen LogP contribution in [0.5, 0.6) is 0 Å². The summed E-state index contributed by atoms with van der Waals surface area (Å²) in [5.74, 6) is 0.118. The summed E-state index contributed by atoms with van der Waals surface area (Å²) >= 11 is 0. The van der Waals surface area contributed by atoms with E-state index in [2.05, 4.69) is 12.2 Å². The molecule has 0 aliphatic heterocycles. The van der Waals surface area contributed by atoms with E-state index in [0.29, 0.717) is 17.9 Å². The zero-order valence-electron chi connectivity index (χ0n) is 12.8. The predicted octanol–water partition coefficient (Wildman–Crippen LogP) is 4.31. The Morgan fingerprint density at radius 2 is 2.14 bits per heavy atom. The summed E-state index contributed by atoms with van der Waals surface area (Å²) in [6.45, 7) is 4.11. The zero-order valence-corrected chi connectivity index (χ0v) is 12.8. The molecule has 21 heavy (non-hydrogen) atoms. The van der Waals surface area contributed by atoms with E-state index in [1.807, 2.05) is 0 Å². The van der Waals surface area contributed by atoms with Crippen LogP contribution in [0.15, 0.2) is 18.2 Å². The average Bonchev–Trinajstić information content (AvgIpc) is 3.05. The van der Waals surface area contributed by atoms with Gasteiger partial charge >= 0.3 is 0 Å². The van der Waals surface area contributed by atoms with E-state index < -0.39 is 11.6 Å². The molecule has 1 N–H and O–H groups in total. The minimum atomic E-state index is -0.715. The van der Waals surface area contributed by atoms with Crippen molar-refractivity contribution in [2.24, 2.45) is 17.3 Å². The van der Waals surface area contributed by atoms with E-state index >= 15 is 0 Å². The lowest BCUT2D eigenvalue weighted by Gasteiger charge is -2.38. The van der Waals surface area contributed by atoms with E-state index in [1.54, 1.807) is 12.1 Å². The van der Waals surface area contributed by atoms with Gasteiger partial charge < -0.3 is 5.32 Å². The molecule has 1 nitrogen and oxygen atoms in total. The molecular formula is C18H25F2N. The quantitative estimate of drug-likeness (QED) is 0.771. The standard InChI is InChI=1S/C18H25F2N/c1-2-8-21-12-18(10-13-6-7-15(18)9-13)11-14-4-3-5-16(19)17(14)20/h3-5,13,15,21H,2,6-12H2,1H3. The molecule has 0 aromatic heterocycles. The Morgan fingerprint density at radius 1 is 1.29 bits per heavy atom. The number of fused-ring (bicyclic) bond motifs is 2. The molecule has 2 bridgehead atoms. The molecule has 0 heterocycles. The molecular weight excluding hydrogens is 268 g/mol. The molecule has 0 amide bonds. The monoisotopic (exact) mass is 293 g/mol. The van der Waals surface area contributed by atoms with Crippen molar-refractivity contribution in [1.82, 2.24) is 5.32 Å². The van der Waals surface area contributed by atoms with Crippen LogP contribution in [0.2, 0.25) is 0 Å². The Labute approximate surface area is 126 Å². The average molecular weight is 293 g/mol. The van der Waals surface area contributed by atoms with Crippen molar-refractivity contribution in [3.8, 4) is 0 Å². The fourth-order valence-corrected chi connectivity index (χ4v) is 4.63. The van der Waals surface area contributed by atoms with Gasteiger partial charge in [0.2, 0.25) is 0 Å². The van der Waals surface area contributed by atoms with Gasteiger partial charge in [0.1, 0.15) is 0 Å². The van der Waals surface area contributed by atoms with Crippen molar-refractivity contribution in [3.05, 3.63) is 35.4 Å². The van der Waals surface area contributed by atoms with Crippen LogP contribution in [-0.4, -0.2) is 13.1 Å². The smallest absolute Gasteiger partial charge is 0.162 e. The van der Waals surface area contributed by atoms with E-state index in [4.69, 9.17) is 0 Å². The second-order valence-corrected chi connectivity index (χ2v) is 7.01. The maximum absolute atomic E-state index is 14.1. The second kappa shape index (κ2) is 6.04. The van der Waals surface area contributed by atoms with Crippen molar-refractivity contribution >= 4 is 0 Å². The normalized spacial score (nSPS) is 31.0. The summed E-state index contributed by atoms with van der Waals surface area (Å²) in [6, 6.07) is 4.60. The molecule has 1 aromatic carbocycles. The Kier molecular flexibility index (Phi) is 4.30. The maximum atomic E-state index is 14.1. The Balaban J connectivity index is 1.81. The molecule has 2 aliphatic carbocycles.